The van der Waals surface area contributed by atoms with E-state index >= 15 is 0 Å². The summed E-state index contributed by atoms with van der Waals surface area (Å²) in [7, 11) is 0. The molecule has 0 aliphatic heterocycles. The summed E-state index contributed by atoms with van der Waals surface area (Å²) < 4.78 is 11.3. The molecule has 3 nitrogen and oxygen atoms in total. The van der Waals surface area contributed by atoms with Gasteiger partial charge in [0.25, 0.3) is 0 Å². The van der Waals surface area contributed by atoms with Gasteiger partial charge < -0.3 is 14.8 Å². The van der Waals surface area contributed by atoms with Crippen molar-refractivity contribution in [3.63, 3.8) is 0 Å². The molecule has 0 atom stereocenters. The molecule has 0 radical (unpaired) electrons. The minimum absolute atomic E-state index is 0.0584. The van der Waals surface area contributed by atoms with Crippen LogP contribution in [0.4, 0.5) is 0 Å². The molecule has 0 aliphatic carbocycles. The molecular formula is C17H28ClNO2. The van der Waals surface area contributed by atoms with Crippen molar-refractivity contribution in [3.05, 3.63) is 28.8 Å². The lowest BCUT2D eigenvalue weighted by atomic mass is 10.1. The van der Waals surface area contributed by atoms with Gasteiger partial charge in [0.05, 0.1) is 11.6 Å². The summed E-state index contributed by atoms with van der Waals surface area (Å²) >= 11 is 6.25. The van der Waals surface area contributed by atoms with Gasteiger partial charge in [-0.25, -0.2) is 0 Å². The largest absolute Gasteiger partial charge is 0.489 e. The van der Waals surface area contributed by atoms with E-state index in [0.717, 1.165) is 37.3 Å². The van der Waals surface area contributed by atoms with E-state index in [1.807, 2.05) is 18.2 Å². The molecule has 0 unspecified atom stereocenters. The average molecular weight is 314 g/mol. The molecule has 1 aromatic carbocycles. The number of unbranched alkanes of at least 4 members (excludes halogenated alkanes) is 1. The Balaban J connectivity index is 2.51. The van der Waals surface area contributed by atoms with Crippen LogP contribution < -0.4 is 10.1 Å². The van der Waals surface area contributed by atoms with Crippen LogP contribution in [0.3, 0.4) is 0 Å². The molecule has 0 saturated carbocycles. The van der Waals surface area contributed by atoms with Crippen LogP contribution in [-0.2, 0) is 11.3 Å². The van der Waals surface area contributed by atoms with Crippen LogP contribution in [0.1, 0.15) is 46.1 Å². The monoisotopic (exact) mass is 313 g/mol. The Labute approximate surface area is 134 Å². The van der Waals surface area contributed by atoms with Gasteiger partial charge in [-0.2, -0.15) is 0 Å². The van der Waals surface area contributed by atoms with Crippen LogP contribution in [0.15, 0.2) is 18.2 Å². The molecule has 1 N–H and O–H groups in total. The smallest absolute Gasteiger partial charge is 0.142 e. The molecule has 21 heavy (non-hydrogen) atoms. The third kappa shape index (κ3) is 7.70. The maximum absolute atomic E-state index is 6.25. The summed E-state index contributed by atoms with van der Waals surface area (Å²) in [6, 6.07) is 5.85. The molecule has 0 heterocycles. The van der Waals surface area contributed by atoms with Crippen LogP contribution in [0.5, 0.6) is 5.75 Å². The van der Waals surface area contributed by atoms with E-state index in [1.165, 1.54) is 0 Å². The summed E-state index contributed by atoms with van der Waals surface area (Å²) in [6.07, 6.45) is 2.24. The molecule has 120 valence electrons. The van der Waals surface area contributed by atoms with E-state index in [4.69, 9.17) is 21.1 Å². The molecule has 1 aromatic rings. The lowest BCUT2D eigenvalue weighted by molar-refractivity contribution is 0.0977. The Hall–Kier alpha value is -0.770. The SMILES string of the molecule is CCCCOCCOc1c(Cl)cccc1CNC(C)(C)C. The summed E-state index contributed by atoms with van der Waals surface area (Å²) in [4.78, 5) is 0. The third-order valence-corrected chi connectivity index (χ3v) is 3.27. The molecule has 4 heteroatoms. The predicted octanol–water partition coefficient (Wildman–Crippen LogP) is 4.42. The van der Waals surface area contributed by atoms with Crippen LogP contribution in [0.25, 0.3) is 0 Å². The van der Waals surface area contributed by atoms with Gasteiger partial charge in [0.2, 0.25) is 0 Å². The molecule has 0 saturated heterocycles. The summed E-state index contributed by atoms with van der Waals surface area (Å²) in [5.41, 5.74) is 1.13. The molecule has 0 fully saturated rings. The fourth-order valence-corrected chi connectivity index (χ4v) is 2.01. The van der Waals surface area contributed by atoms with E-state index in [0.29, 0.717) is 18.2 Å². The fraction of sp³-hybridized carbons (Fsp3) is 0.647. The number of rotatable bonds is 9. The van der Waals surface area contributed by atoms with E-state index in [1.54, 1.807) is 0 Å². The van der Waals surface area contributed by atoms with Crippen molar-refractivity contribution in [1.29, 1.82) is 0 Å². The zero-order chi connectivity index (χ0) is 15.7. The first-order valence-electron chi connectivity index (χ1n) is 7.67. The van der Waals surface area contributed by atoms with Gasteiger partial charge in [0.15, 0.2) is 0 Å². The first-order valence-corrected chi connectivity index (χ1v) is 8.05. The van der Waals surface area contributed by atoms with Gasteiger partial charge in [-0.05, 0) is 33.3 Å². The van der Waals surface area contributed by atoms with Gasteiger partial charge in [-0.1, -0.05) is 37.1 Å². The average Bonchev–Trinajstić information content (AvgIpc) is 2.41. The first-order chi connectivity index (χ1) is 9.94. The second-order valence-electron chi connectivity index (χ2n) is 6.15. The highest BCUT2D eigenvalue weighted by molar-refractivity contribution is 6.32. The highest BCUT2D eigenvalue weighted by Gasteiger charge is 2.13. The minimum atomic E-state index is 0.0584. The van der Waals surface area contributed by atoms with Crippen molar-refractivity contribution in [1.82, 2.24) is 5.32 Å². The Kier molecular flexibility index (Phi) is 8.09. The maximum atomic E-state index is 6.25. The van der Waals surface area contributed by atoms with E-state index in [9.17, 15) is 0 Å². The number of hydrogen-bond acceptors (Lipinski definition) is 3. The number of nitrogens with one attached hydrogen (secondary N) is 1. The van der Waals surface area contributed by atoms with Gasteiger partial charge in [0, 0.05) is 24.3 Å². The van der Waals surface area contributed by atoms with Crippen molar-refractivity contribution in [2.45, 2.75) is 52.6 Å². The third-order valence-electron chi connectivity index (χ3n) is 2.97. The zero-order valence-electron chi connectivity index (χ0n) is 13.7. The molecule has 0 bridgehead atoms. The van der Waals surface area contributed by atoms with Gasteiger partial charge in [-0.15, -0.1) is 0 Å². The standard InChI is InChI=1S/C17H28ClNO2/c1-5-6-10-20-11-12-21-16-14(8-7-9-15(16)18)13-19-17(2,3)4/h7-9,19H,5-6,10-13H2,1-4H3. The number of benzene rings is 1. The van der Waals surface area contributed by atoms with Crippen molar-refractivity contribution in [2.75, 3.05) is 19.8 Å². The quantitative estimate of drug-likeness (QED) is 0.684. The summed E-state index contributed by atoms with van der Waals surface area (Å²) in [6.45, 7) is 11.2. The number of para-hydroxylation sites is 1. The topological polar surface area (TPSA) is 30.5 Å². The lowest BCUT2D eigenvalue weighted by Crippen LogP contribution is -2.35. The van der Waals surface area contributed by atoms with Crippen molar-refractivity contribution in [3.8, 4) is 5.75 Å². The number of halogens is 1. The van der Waals surface area contributed by atoms with Gasteiger partial charge >= 0.3 is 0 Å². The predicted molar refractivity (Wildman–Crippen MR) is 89.3 cm³/mol. The molecule has 0 aromatic heterocycles. The minimum Gasteiger partial charge on any atom is -0.489 e. The first kappa shape index (κ1) is 18.3. The Morgan fingerprint density at radius 1 is 1.14 bits per heavy atom. The Morgan fingerprint density at radius 3 is 2.57 bits per heavy atom. The molecule has 0 amide bonds. The number of ether oxygens (including phenoxy) is 2. The van der Waals surface area contributed by atoms with Crippen LogP contribution >= 0.6 is 11.6 Å². The van der Waals surface area contributed by atoms with E-state index in [2.05, 4.69) is 33.0 Å². The molecule has 0 aliphatic rings. The number of hydrogen-bond donors (Lipinski definition) is 1. The normalized spacial score (nSPS) is 11.7. The molecular weight excluding hydrogens is 286 g/mol. The second-order valence-corrected chi connectivity index (χ2v) is 6.55. The van der Waals surface area contributed by atoms with Crippen LogP contribution in [0.2, 0.25) is 5.02 Å². The van der Waals surface area contributed by atoms with E-state index < -0.39 is 0 Å². The van der Waals surface area contributed by atoms with Crippen molar-refractivity contribution < 1.29 is 9.47 Å². The van der Waals surface area contributed by atoms with Gasteiger partial charge in [0.1, 0.15) is 12.4 Å². The Morgan fingerprint density at radius 2 is 1.90 bits per heavy atom. The van der Waals surface area contributed by atoms with E-state index in [-0.39, 0.29) is 5.54 Å². The molecule has 0 spiro atoms. The summed E-state index contributed by atoms with van der Waals surface area (Å²) in [5.74, 6) is 0.759. The lowest BCUT2D eigenvalue weighted by Gasteiger charge is -2.22. The van der Waals surface area contributed by atoms with Crippen molar-refractivity contribution in [2.24, 2.45) is 0 Å². The fourth-order valence-electron chi connectivity index (χ4n) is 1.77. The van der Waals surface area contributed by atoms with Crippen LogP contribution in [0, 0.1) is 0 Å². The highest BCUT2D eigenvalue weighted by Crippen LogP contribution is 2.29. The second kappa shape index (κ2) is 9.29. The van der Waals surface area contributed by atoms with Crippen molar-refractivity contribution >= 4 is 11.6 Å². The van der Waals surface area contributed by atoms with Crippen LogP contribution in [-0.4, -0.2) is 25.4 Å². The molecule has 1 rings (SSSR count). The highest BCUT2D eigenvalue weighted by atomic mass is 35.5. The van der Waals surface area contributed by atoms with Gasteiger partial charge in [-0.3, -0.25) is 0 Å². The Bertz CT molecular complexity index is 416. The zero-order valence-corrected chi connectivity index (χ0v) is 14.4. The summed E-state index contributed by atoms with van der Waals surface area (Å²) in [5, 5.41) is 4.10. The maximum Gasteiger partial charge on any atom is 0.142 e.